The molecule has 0 spiro atoms. The highest BCUT2D eigenvalue weighted by Crippen LogP contribution is 2.19. The van der Waals surface area contributed by atoms with Crippen LogP contribution in [0.25, 0.3) is 0 Å². The lowest BCUT2D eigenvalue weighted by atomic mass is 10.2. The van der Waals surface area contributed by atoms with Crippen molar-refractivity contribution in [3.8, 4) is 0 Å². The molecule has 4 nitrogen and oxygen atoms in total. The fourth-order valence-corrected chi connectivity index (χ4v) is 3.13. The van der Waals surface area contributed by atoms with Gasteiger partial charge in [0.25, 0.3) is 0 Å². The molecule has 1 saturated heterocycles. The van der Waals surface area contributed by atoms with E-state index in [1.807, 2.05) is 29.9 Å². The van der Waals surface area contributed by atoms with E-state index in [0.717, 1.165) is 18.8 Å². The zero-order valence-corrected chi connectivity index (χ0v) is 11.6. The maximum absolute atomic E-state index is 11.7. The minimum absolute atomic E-state index is 0.139. The van der Waals surface area contributed by atoms with Gasteiger partial charge in [0.05, 0.1) is 12.3 Å². The summed E-state index contributed by atoms with van der Waals surface area (Å²) in [4.78, 5) is 11.7. The van der Waals surface area contributed by atoms with Crippen LogP contribution in [0.1, 0.15) is 18.5 Å². The van der Waals surface area contributed by atoms with Crippen molar-refractivity contribution in [1.82, 2.24) is 15.2 Å². The highest BCUT2D eigenvalue weighted by molar-refractivity contribution is 8.00. The van der Waals surface area contributed by atoms with Crippen molar-refractivity contribution in [3.05, 3.63) is 24.0 Å². The first-order valence-corrected chi connectivity index (χ1v) is 7.50. The summed E-state index contributed by atoms with van der Waals surface area (Å²) in [6.07, 6.45) is 4.34. The number of carbonyl (C=O) groups excluding carboxylic acids is 1. The lowest BCUT2D eigenvalue weighted by molar-refractivity contribution is -0.118. The molecule has 0 bridgehead atoms. The van der Waals surface area contributed by atoms with Crippen LogP contribution in [-0.4, -0.2) is 34.6 Å². The van der Waals surface area contributed by atoms with E-state index in [1.165, 1.54) is 12.8 Å². The van der Waals surface area contributed by atoms with Crippen molar-refractivity contribution in [2.24, 2.45) is 7.05 Å². The molecule has 0 unspecified atom stereocenters. The second-order valence-corrected chi connectivity index (χ2v) is 5.94. The number of aromatic nitrogens is 1. The molecule has 5 heteroatoms. The molecule has 0 atom stereocenters. The molecule has 2 rings (SSSR count). The summed E-state index contributed by atoms with van der Waals surface area (Å²) < 4.78 is 2.03. The Balaban J connectivity index is 1.64. The van der Waals surface area contributed by atoms with E-state index < -0.39 is 0 Å². The van der Waals surface area contributed by atoms with Gasteiger partial charge in [0.15, 0.2) is 0 Å². The lowest BCUT2D eigenvalue weighted by Crippen LogP contribution is -2.31. The second kappa shape index (κ2) is 6.85. The molecule has 2 N–H and O–H groups in total. The summed E-state index contributed by atoms with van der Waals surface area (Å²) in [6, 6.07) is 4.02. The number of aryl methyl sites for hydroxylation is 1. The molecule has 100 valence electrons. The predicted molar refractivity (Wildman–Crippen MR) is 75.6 cm³/mol. The summed E-state index contributed by atoms with van der Waals surface area (Å²) in [5.74, 6) is 0.717. The van der Waals surface area contributed by atoms with Crippen LogP contribution >= 0.6 is 11.8 Å². The Hall–Kier alpha value is -0.940. The summed E-state index contributed by atoms with van der Waals surface area (Å²) in [7, 11) is 1.99. The first-order chi connectivity index (χ1) is 8.75. The molecule has 1 aliphatic rings. The van der Waals surface area contributed by atoms with E-state index in [0.29, 0.717) is 17.5 Å². The average Bonchev–Trinajstić information content (AvgIpc) is 2.81. The Morgan fingerprint density at radius 3 is 3.00 bits per heavy atom. The molecule has 0 radical (unpaired) electrons. The van der Waals surface area contributed by atoms with E-state index in [9.17, 15) is 4.79 Å². The van der Waals surface area contributed by atoms with Gasteiger partial charge in [-0.1, -0.05) is 0 Å². The van der Waals surface area contributed by atoms with Gasteiger partial charge in [-0.05, 0) is 38.1 Å². The Morgan fingerprint density at radius 2 is 2.33 bits per heavy atom. The Labute approximate surface area is 113 Å². The minimum atomic E-state index is 0.139. The summed E-state index contributed by atoms with van der Waals surface area (Å²) in [6.45, 7) is 2.79. The molecule has 1 amide bonds. The van der Waals surface area contributed by atoms with Gasteiger partial charge in [0, 0.05) is 24.2 Å². The normalized spacial score (nSPS) is 16.7. The molecule has 2 heterocycles. The van der Waals surface area contributed by atoms with Gasteiger partial charge in [0.1, 0.15) is 0 Å². The molecule has 0 aromatic carbocycles. The molecule has 1 fully saturated rings. The van der Waals surface area contributed by atoms with Crippen LogP contribution in [0.4, 0.5) is 0 Å². The van der Waals surface area contributed by atoms with E-state index >= 15 is 0 Å². The lowest BCUT2D eigenvalue weighted by Gasteiger charge is -2.21. The average molecular weight is 267 g/mol. The molecule has 0 saturated carbocycles. The van der Waals surface area contributed by atoms with Gasteiger partial charge in [-0.15, -0.1) is 11.8 Å². The zero-order chi connectivity index (χ0) is 12.8. The summed E-state index contributed by atoms with van der Waals surface area (Å²) >= 11 is 1.79. The molecule has 0 aliphatic carbocycles. The third kappa shape index (κ3) is 4.07. The number of hydrogen-bond acceptors (Lipinski definition) is 3. The van der Waals surface area contributed by atoms with Crippen LogP contribution in [0.15, 0.2) is 18.3 Å². The van der Waals surface area contributed by atoms with Crippen molar-refractivity contribution in [2.45, 2.75) is 24.6 Å². The van der Waals surface area contributed by atoms with E-state index in [2.05, 4.69) is 10.6 Å². The van der Waals surface area contributed by atoms with Gasteiger partial charge in [-0.25, -0.2) is 0 Å². The molecular weight excluding hydrogens is 246 g/mol. The van der Waals surface area contributed by atoms with Crippen molar-refractivity contribution < 1.29 is 4.79 Å². The van der Waals surface area contributed by atoms with Crippen LogP contribution in [0.2, 0.25) is 0 Å². The maximum atomic E-state index is 11.7. The highest BCUT2D eigenvalue weighted by atomic mass is 32.2. The summed E-state index contributed by atoms with van der Waals surface area (Å²) in [5, 5.41) is 6.95. The van der Waals surface area contributed by atoms with Crippen LogP contribution in [0.3, 0.4) is 0 Å². The van der Waals surface area contributed by atoms with E-state index in [1.54, 1.807) is 11.8 Å². The topological polar surface area (TPSA) is 46.1 Å². The van der Waals surface area contributed by atoms with Crippen molar-refractivity contribution in [2.75, 3.05) is 18.8 Å². The van der Waals surface area contributed by atoms with Crippen LogP contribution in [0.5, 0.6) is 0 Å². The van der Waals surface area contributed by atoms with Crippen LogP contribution in [0, 0.1) is 0 Å². The van der Waals surface area contributed by atoms with Gasteiger partial charge in [0.2, 0.25) is 5.91 Å². The Bertz CT molecular complexity index is 385. The molecule has 1 aromatic heterocycles. The Kier molecular flexibility index (Phi) is 5.13. The number of thioether (sulfide) groups is 1. The predicted octanol–water partition coefficient (Wildman–Crippen LogP) is 1.13. The number of nitrogens with one attached hydrogen (secondary N) is 2. The number of nitrogens with zero attached hydrogens (tertiary/aromatic N) is 1. The third-order valence-corrected chi connectivity index (χ3v) is 4.63. The molecule has 18 heavy (non-hydrogen) atoms. The number of piperidine rings is 1. The number of amides is 1. The third-order valence-electron chi connectivity index (χ3n) is 3.25. The van der Waals surface area contributed by atoms with Gasteiger partial charge in [-0.2, -0.15) is 0 Å². The number of hydrogen-bond donors (Lipinski definition) is 2. The molecule has 1 aromatic rings. The second-order valence-electron chi connectivity index (χ2n) is 4.65. The van der Waals surface area contributed by atoms with Crippen molar-refractivity contribution in [1.29, 1.82) is 0 Å². The van der Waals surface area contributed by atoms with E-state index in [-0.39, 0.29) is 5.91 Å². The van der Waals surface area contributed by atoms with Gasteiger partial charge in [-0.3, -0.25) is 4.79 Å². The number of carbonyl (C=O) groups is 1. The fraction of sp³-hybridized carbons (Fsp3) is 0.615. The minimum Gasteiger partial charge on any atom is -0.353 e. The maximum Gasteiger partial charge on any atom is 0.230 e. The molecular formula is C13H21N3OS. The SMILES string of the molecule is Cn1cccc1CNC(=O)CSC1CCNCC1. The van der Waals surface area contributed by atoms with Crippen molar-refractivity contribution >= 4 is 17.7 Å². The Morgan fingerprint density at radius 1 is 1.56 bits per heavy atom. The van der Waals surface area contributed by atoms with Crippen molar-refractivity contribution in [3.63, 3.8) is 0 Å². The van der Waals surface area contributed by atoms with E-state index in [4.69, 9.17) is 0 Å². The monoisotopic (exact) mass is 267 g/mol. The quantitative estimate of drug-likeness (QED) is 0.840. The van der Waals surface area contributed by atoms with Crippen LogP contribution in [-0.2, 0) is 18.4 Å². The molecule has 1 aliphatic heterocycles. The highest BCUT2D eigenvalue weighted by Gasteiger charge is 2.14. The largest absolute Gasteiger partial charge is 0.353 e. The number of rotatable bonds is 5. The first kappa shape index (κ1) is 13.5. The fourth-order valence-electron chi connectivity index (χ4n) is 2.08. The summed E-state index contributed by atoms with van der Waals surface area (Å²) in [5.41, 5.74) is 1.13. The zero-order valence-electron chi connectivity index (χ0n) is 10.8. The van der Waals surface area contributed by atoms with Crippen LogP contribution < -0.4 is 10.6 Å². The van der Waals surface area contributed by atoms with Gasteiger partial charge < -0.3 is 15.2 Å². The smallest absolute Gasteiger partial charge is 0.230 e. The van der Waals surface area contributed by atoms with Gasteiger partial charge >= 0.3 is 0 Å². The standard InChI is InChI=1S/C13H21N3OS/c1-16-8-2-3-11(16)9-15-13(17)10-18-12-4-6-14-7-5-12/h2-3,8,12,14H,4-7,9-10H2,1H3,(H,15,17). The first-order valence-electron chi connectivity index (χ1n) is 6.45.